The summed E-state index contributed by atoms with van der Waals surface area (Å²) >= 11 is 9.48. The van der Waals surface area contributed by atoms with Crippen molar-refractivity contribution in [2.24, 2.45) is 5.10 Å². The molecule has 0 fully saturated rings. The van der Waals surface area contributed by atoms with Crippen LogP contribution in [0, 0.1) is 3.57 Å². The van der Waals surface area contributed by atoms with Gasteiger partial charge >= 0.3 is 0 Å². The third kappa shape index (κ3) is 5.10. The minimum Gasteiger partial charge on any atom is -0.487 e. The lowest BCUT2D eigenvalue weighted by molar-refractivity contribution is -0.114. The number of halogens is 3. The van der Waals surface area contributed by atoms with Crippen LogP contribution in [0.5, 0.6) is 5.75 Å². The van der Waals surface area contributed by atoms with E-state index >= 15 is 0 Å². The molecule has 7 heteroatoms. The Bertz CT molecular complexity index is 1170. The van der Waals surface area contributed by atoms with Gasteiger partial charge < -0.3 is 4.74 Å². The molecule has 0 spiro atoms. The number of rotatable bonds is 5. The molecule has 0 N–H and O–H groups in total. The van der Waals surface area contributed by atoms with Crippen molar-refractivity contribution in [1.29, 1.82) is 0 Å². The van der Waals surface area contributed by atoms with Gasteiger partial charge in [0.1, 0.15) is 12.4 Å². The fourth-order valence-electron chi connectivity index (χ4n) is 3.13. The standard InChI is InChI=1S/C24H17Br2IN2O2/c1-15-20(24(30)29(28-15)19-5-3-2-4-6-19)11-17-12-21(25)23(22(26)13-17)31-14-16-7-9-18(27)10-8-16/h2-13H,14H2,1H3/b20-11+. The number of hydrogen-bond donors (Lipinski definition) is 0. The molecule has 0 saturated heterocycles. The van der Waals surface area contributed by atoms with Crippen molar-refractivity contribution in [3.8, 4) is 5.75 Å². The maximum absolute atomic E-state index is 12.9. The Morgan fingerprint density at radius 1 is 1.03 bits per heavy atom. The SMILES string of the molecule is CC1=NN(c2ccccc2)C(=O)/C1=C/c1cc(Br)c(OCc2ccc(I)cc2)c(Br)c1. The molecule has 3 aromatic carbocycles. The Kier molecular flexibility index (Phi) is 6.93. The lowest BCUT2D eigenvalue weighted by Gasteiger charge is -2.12. The van der Waals surface area contributed by atoms with E-state index in [2.05, 4.69) is 83.8 Å². The van der Waals surface area contributed by atoms with Crippen molar-refractivity contribution in [2.75, 3.05) is 5.01 Å². The highest BCUT2D eigenvalue weighted by Crippen LogP contribution is 2.36. The molecule has 1 heterocycles. The van der Waals surface area contributed by atoms with Crippen LogP contribution in [-0.2, 0) is 11.4 Å². The molecule has 4 rings (SSSR count). The van der Waals surface area contributed by atoms with Crippen molar-refractivity contribution in [3.63, 3.8) is 0 Å². The predicted octanol–water partition coefficient (Wildman–Crippen LogP) is 7.20. The third-order valence-corrected chi connectivity index (χ3v) is 6.59. The quantitative estimate of drug-likeness (QED) is 0.216. The van der Waals surface area contributed by atoms with Gasteiger partial charge in [-0.2, -0.15) is 10.1 Å². The summed E-state index contributed by atoms with van der Waals surface area (Å²) in [4.78, 5) is 12.9. The maximum atomic E-state index is 12.9. The number of hydrogen-bond acceptors (Lipinski definition) is 3. The Labute approximate surface area is 211 Å². The minimum absolute atomic E-state index is 0.144. The van der Waals surface area contributed by atoms with E-state index in [1.807, 2.05) is 55.5 Å². The third-order valence-electron chi connectivity index (χ3n) is 4.69. The van der Waals surface area contributed by atoms with Crippen LogP contribution >= 0.6 is 54.5 Å². The molecule has 0 radical (unpaired) electrons. The largest absolute Gasteiger partial charge is 0.487 e. The molecule has 0 bridgehead atoms. The zero-order valence-electron chi connectivity index (χ0n) is 16.5. The van der Waals surface area contributed by atoms with Crippen LogP contribution in [-0.4, -0.2) is 11.6 Å². The van der Waals surface area contributed by atoms with Crippen LogP contribution in [0.1, 0.15) is 18.1 Å². The van der Waals surface area contributed by atoms with Crippen molar-refractivity contribution < 1.29 is 9.53 Å². The van der Waals surface area contributed by atoms with E-state index in [1.54, 1.807) is 0 Å². The van der Waals surface area contributed by atoms with Gasteiger partial charge in [0.25, 0.3) is 5.91 Å². The molecule has 4 nitrogen and oxygen atoms in total. The highest BCUT2D eigenvalue weighted by atomic mass is 127. The zero-order valence-corrected chi connectivity index (χ0v) is 21.8. The van der Waals surface area contributed by atoms with E-state index < -0.39 is 0 Å². The number of nitrogens with zero attached hydrogens (tertiary/aromatic N) is 2. The van der Waals surface area contributed by atoms with E-state index in [0.717, 1.165) is 31.5 Å². The minimum atomic E-state index is -0.144. The second kappa shape index (κ2) is 9.67. The summed E-state index contributed by atoms with van der Waals surface area (Å²) in [5.41, 5.74) is 3.95. The molecule has 1 aliphatic rings. The van der Waals surface area contributed by atoms with Crippen LogP contribution < -0.4 is 9.75 Å². The van der Waals surface area contributed by atoms with Gasteiger partial charge in [0.15, 0.2) is 0 Å². The number of anilines is 1. The Morgan fingerprint density at radius 3 is 2.32 bits per heavy atom. The molecule has 156 valence electrons. The Hall–Kier alpha value is -1.97. The van der Waals surface area contributed by atoms with Gasteiger partial charge in [0, 0.05) is 3.57 Å². The summed E-state index contributed by atoms with van der Waals surface area (Å²) < 4.78 is 8.82. The van der Waals surface area contributed by atoms with Gasteiger partial charge in [0.05, 0.1) is 25.9 Å². The van der Waals surface area contributed by atoms with Gasteiger partial charge in [-0.05, 0) is 115 Å². The second-order valence-corrected chi connectivity index (χ2v) is 9.88. The average molecular weight is 652 g/mol. The molecule has 0 aromatic heterocycles. The molecular weight excluding hydrogens is 635 g/mol. The van der Waals surface area contributed by atoms with E-state index in [1.165, 1.54) is 8.58 Å². The molecule has 0 atom stereocenters. The second-order valence-electron chi connectivity index (χ2n) is 6.92. The highest BCUT2D eigenvalue weighted by Gasteiger charge is 2.28. The predicted molar refractivity (Wildman–Crippen MR) is 140 cm³/mol. The fourth-order valence-corrected chi connectivity index (χ4v) is 4.94. The molecule has 0 unspecified atom stereocenters. The van der Waals surface area contributed by atoms with Crippen molar-refractivity contribution in [1.82, 2.24) is 0 Å². The average Bonchev–Trinajstić information content (AvgIpc) is 3.03. The Balaban J connectivity index is 1.55. The number of para-hydroxylation sites is 1. The fraction of sp³-hybridized carbons (Fsp3) is 0.0833. The summed E-state index contributed by atoms with van der Waals surface area (Å²) in [6.07, 6.45) is 1.85. The molecule has 0 aliphatic carbocycles. The monoisotopic (exact) mass is 650 g/mol. The number of hydrazone groups is 1. The number of amides is 1. The highest BCUT2D eigenvalue weighted by molar-refractivity contribution is 14.1. The summed E-state index contributed by atoms with van der Waals surface area (Å²) in [6, 6.07) is 21.5. The summed E-state index contributed by atoms with van der Waals surface area (Å²) in [7, 11) is 0. The van der Waals surface area contributed by atoms with Crippen LogP contribution in [0.15, 0.2) is 86.3 Å². The molecule has 0 saturated carbocycles. The van der Waals surface area contributed by atoms with Crippen LogP contribution in [0.25, 0.3) is 6.08 Å². The van der Waals surface area contributed by atoms with E-state index in [0.29, 0.717) is 17.9 Å². The van der Waals surface area contributed by atoms with E-state index in [4.69, 9.17) is 4.74 Å². The van der Waals surface area contributed by atoms with Crippen molar-refractivity contribution in [3.05, 3.63) is 95.9 Å². The summed E-state index contributed by atoms with van der Waals surface area (Å²) in [5.74, 6) is 0.574. The Morgan fingerprint density at radius 2 is 1.68 bits per heavy atom. The van der Waals surface area contributed by atoms with Crippen LogP contribution in [0.2, 0.25) is 0 Å². The lowest BCUT2D eigenvalue weighted by Crippen LogP contribution is -2.21. The first-order valence-electron chi connectivity index (χ1n) is 9.45. The van der Waals surface area contributed by atoms with Gasteiger partial charge in [-0.15, -0.1) is 0 Å². The van der Waals surface area contributed by atoms with Crippen LogP contribution in [0.3, 0.4) is 0 Å². The molecule has 1 amide bonds. The molecule has 1 aliphatic heterocycles. The summed E-state index contributed by atoms with van der Waals surface area (Å²) in [6.45, 7) is 2.31. The van der Waals surface area contributed by atoms with Crippen LogP contribution in [0.4, 0.5) is 5.69 Å². The topological polar surface area (TPSA) is 41.9 Å². The summed E-state index contributed by atoms with van der Waals surface area (Å²) in [5, 5.41) is 5.87. The first kappa shape index (κ1) is 22.2. The zero-order chi connectivity index (χ0) is 22.0. The smallest absolute Gasteiger partial charge is 0.280 e. The first-order chi connectivity index (χ1) is 14.9. The lowest BCUT2D eigenvalue weighted by atomic mass is 10.1. The maximum Gasteiger partial charge on any atom is 0.280 e. The van der Waals surface area contributed by atoms with Gasteiger partial charge in [-0.3, -0.25) is 4.79 Å². The van der Waals surface area contributed by atoms with E-state index in [-0.39, 0.29) is 5.91 Å². The van der Waals surface area contributed by atoms with Gasteiger partial charge in [0.2, 0.25) is 0 Å². The van der Waals surface area contributed by atoms with Crippen molar-refractivity contribution >= 4 is 77.8 Å². The normalized spacial score (nSPS) is 14.8. The number of ether oxygens (including phenoxy) is 1. The molecule has 3 aromatic rings. The molecular formula is C24H17Br2IN2O2. The van der Waals surface area contributed by atoms with Gasteiger partial charge in [-0.25, -0.2) is 0 Å². The number of carbonyl (C=O) groups is 1. The van der Waals surface area contributed by atoms with E-state index in [9.17, 15) is 4.79 Å². The number of carbonyl (C=O) groups excluding carboxylic acids is 1. The number of benzene rings is 3. The first-order valence-corrected chi connectivity index (χ1v) is 12.1. The van der Waals surface area contributed by atoms with Crippen molar-refractivity contribution in [2.45, 2.75) is 13.5 Å². The van der Waals surface area contributed by atoms with Gasteiger partial charge in [-0.1, -0.05) is 30.3 Å². The molecule has 31 heavy (non-hydrogen) atoms.